The maximum Gasteiger partial charge on any atom is 0.148 e. The molecule has 1 aliphatic rings. The molecule has 0 atom stereocenters. The Bertz CT molecular complexity index is 398. The summed E-state index contributed by atoms with van der Waals surface area (Å²) in [5.74, 6) is 7.14. The van der Waals surface area contributed by atoms with Crippen LogP contribution in [0.3, 0.4) is 0 Å². The van der Waals surface area contributed by atoms with Crippen molar-refractivity contribution >= 4 is 11.6 Å². The van der Waals surface area contributed by atoms with Crippen LogP contribution in [0.4, 0.5) is 11.6 Å². The van der Waals surface area contributed by atoms with Gasteiger partial charge in [-0.2, -0.15) is 0 Å². The first-order valence-electron chi connectivity index (χ1n) is 6.33. The van der Waals surface area contributed by atoms with Crippen LogP contribution in [-0.4, -0.2) is 48.1 Å². The summed E-state index contributed by atoms with van der Waals surface area (Å²) in [5.41, 5.74) is 3.63. The quantitative estimate of drug-likeness (QED) is 0.605. The van der Waals surface area contributed by atoms with Crippen LogP contribution in [0.1, 0.15) is 18.4 Å². The van der Waals surface area contributed by atoms with Crippen molar-refractivity contribution in [2.75, 3.05) is 37.5 Å². The molecule has 0 amide bonds. The lowest BCUT2D eigenvalue weighted by molar-refractivity contribution is 0.249. The van der Waals surface area contributed by atoms with Crippen molar-refractivity contribution < 1.29 is 0 Å². The van der Waals surface area contributed by atoms with Crippen LogP contribution in [0.15, 0.2) is 6.33 Å². The summed E-state index contributed by atoms with van der Waals surface area (Å²) in [6.07, 6.45) is 3.90. The van der Waals surface area contributed by atoms with Crippen LogP contribution in [0.2, 0.25) is 0 Å². The van der Waals surface area contributed by atoms with Crippen LogP contribution in [0.25, 0.3) is 0 Å². The number of piperidine rings is 1. The molecule has 0 bridgehead atoms. The van der Waals surface area contributed by atoms with E-state index in [2.05, 4.69) is 39.3 Å². The molecule has 0 aliphatic carbocycles. The van der Waals surface area contributed by atoms with Gasteiger partial charge in [0, 0.05) is 24.7 Å². The Morgan fingerprint density at radius 2 is 2.00 bits per heavy atom. The molecule has 0 aromatic carbocycles. The number of hydrogen-bond donors (Lipinski definition) is 2. The van der Waals surface area contributed by atoms with Gasteiger partial charge in [-0.25, -0.2) is 15.8 Å². The molecule has 18 heavy (non-hydrogen) atoms. The maximum atomic E-state index is 5.45. The number of nitrogens with zero attached hydrogens (tertiary/aromatic N) is 4. The predicted octanol–water partition coefficient (Wildman–Crippen LogP) is 0.601. The largest absolute Gasteiger partial charge is 0.356 e. The van der Waals surface area contributed by atoms with Gasteiger partial charge in [0.15, 0.2) is 0 Å². The highest BCUT2D eigenvalue weighted by molar-refractivity contribution is 5.57. The number of hydrogen-bond acceptors (Lipinski definition) is 6. The zero-order chi connectivity index (χ0) is 13.1. The molecular formula is C12H22N6. The molecule has 2 rings (SSSR count). The van der Waals surface area contributed by atoms with E-state index in [1.165, 1.54) is 12.8 Å². The Kier molecular flexibility index (Phi) is 3.98. The smallest absolute Gasteiger partial charge is 0.148 e. The first-order valence-corrected chi connectivity index (χ1v) is 6.33. The molecule has 6 nitrogen and oxygen atoms in total. The van der Waals surface area contributed by atoms with Crippen LogP contribution in [0, 0.1) is 6.92 Å². The SMILES string of the molecule is Cc1c(NN)ncnc1N1CCC(N(C)C)CC1. The lowest BCUT2D eigenvalue weighted by atomic mass is 10.0. The van der Waals surface area contributed by atoms with E-state index in [9.17, 15) is 0 Å². The number of aromatic nitrogens is 2. The van der Waals surface area contributed by atoms with Crippen molar-refractivity contribution in [3.63, 3.8) is 0 Å². The highest BCUT2D eigenvalue weighted by Gasteiger charge is 2.23. The number of anilines is 2. The third kappa shape index (κ3) is 2.54. The zero-order valence-electron chi connectivity index (χ0n) is 11.3. The Morgan fingerprint density at radius 3 is 2.56 bits per heavy atom. The third-order valence-electron chi connectivity index (χ3n) is 3.69. The molecule has 1 aromatic rings. The minimum atomic E-state index is 0.676. The molecule has 2 heterocycles. The van der Waals surface area contributed by atoms with Crippen molar-refractivity contribution in [3.8, 4) is 0 Å². The van der Waals surface area contributed by atoms with E-state index in [0.29, 0.717) is 11.9 Å². The van der Waals surface area contributed by atoms with Gasteiger partial charge >= 0.3 is 0 Å². The fourth-order valence-corrected chi connectivity index (χ4v) is 2.50. The van der Waals surface area contributed by atoms with E-state index in [4.69, 9.17) is 5.84 Å². The van der Waals surface area contributed by atoms with Gasteiger partial charge in [0.05, 0.1) is 0 Å². The summed E-state index contributed by atoms with van der Waals surface area (Å²) >= 11 is 0. The average molecular weight is 250 g/mol. The molecule has 1 saturated heterocycles. The fourth-order valence-electron chi connectivity index (χ4n) is 2.50. The van der Waals surface area contributed by atoms with Gasteiger partial charge in [0.25, 0.3) is 0 Å². The third-order valence-corrected chi connectivity index (χ3v) is 3.69. The monoisotopic (exact) mass is 250 g/mol. The summed E-state index contributed by atoms with van der Waals surface area (Å²) in [6, 6.07) is 0.676. The van der Waals surface area contributed by atoms with Crippen molar-refractivity contribution in [2.24, 2.45) is 5.84 Å². The first-order chi connectivity index (χ1) is 8.63. The number of nitrogens with one attached hydrogen (secondary N) is 1. The highest BCUT2D eigenvalue weighted by Crippen LogP contribution is 2.25. The Hall–Kier alpha value is -1.40. The Morgan fingerprint density at radius 1 is 1.33 bits per heavy atom. The molecule has 1 fully saturated rings. The van der Waals surface area contributed by atoms with E-state index in [-0.39, 0.29) is 0 Å². The minimum absolute atomic E-state index is 0.676. The van der Waals surface area contributed by atoms with E-state index >= 15 is 0 Å². The van der Waals surface area contributed by atoms with E-state index in [1.54, 1.807) is 6.33 Å². The van der Waals surface area contributed by atoms with E-state index < -0.39 is 0 Å². The Labute approximate surface area is 108 Å². The van der Waals surface area contributed by atoms with Crippen LogP contribution in [-0.2, 0) is 0 Å². The van der Waals surface area contributed by atoms with Crippen LogP contribution >= 0.6 is 0 Å². The van der Waals surface area contributed by atoms with Gasteiger partial charge < -0.3 is 15.2 Å². The van der Waals surface area contributed by atoms with Gasteiger partial charge in [-0.15, -0.1) is 0 Å². The second-order valence-corrected chi connectivity index (χ2v) is 5.00. The Balaban J connectivity index is 2.10. The van der Waals surface area contributed by atoms with E-state index in [1.807, 2.05) is 6.92 Å². The van der Waals surface area contributed by atoms with Crippen molar-refractivity contribution in [1.29, 1.82) is 0 Å². The fraction of sp³-hybridized carbons (Fsp3) is 0.667. The van der Waals surface area contributed by atoms with Crippen molar-refractivity contribution in [1.82, 2.24) is 14.9 Å². The number of nitrogens with two attached hydrogens (primary N) is 1. The van der Waals surface area contributed by atoms with Gasteiger partial charge in [-0.3, -0.25) is 0 Å². The van der Waals surface area contributed by atoms with Gasteiger partial charge in [0.1, 0.15) is 18.0 Å². The summed E-state index contributed by atoms with van der Waals surface area (Å²) in [7, 11) is 4.29. The predicted molar refractivity (Wildman–Crippen MR) is 73.5 cm³/mol. The minimum Gasteiger partial charge on any atom is -0.356 e. The molecule has 1 aromatic heterocycles. The molecule has 3 N–H and O–H groups in total. The zero-order valence-corrected chi connectivity index (χ0v) is 11.3. The molecule has 6 heteroatoms. The normalized spacial score (nSPS) is 17.3. The summed E-state index contributed by atoms with van der Waals surface area (Å²) in [4.78, 5) is 13.1. The standard InChI is InChI=1S/C12H22N6/c1-9-11(16-13)14-8-15-12(9)18-6-4-10(5-7-18)17(2)3/h8,10H,4-7,13H2,1-3H3,(H,14,15,16). The molecule has 0 spiro atoms. The van der Waals surface area contributed by atoms with E-state index in [0.717, 1.165) is 24.5 Å². The van der Waals surface area contributed by atoms with Crippen molar-refractivity contribution in [2.45, 2.75) is 25.8 Å². The van der Waals surface area contributed by atoms with Crippen molar-refractivity contribution in [3.05, 3.63) is 11.9 Å². The summed E-state index contributed by atoms with van der Waals surface area (Å²) in [5, 5.41) is 0. The van der Waals surface area contributed by atoms with Gasteiger partial charge in [-0.05, 0) is 33.9 Å². The van der Waals surface area contributed by atoms with Gasteiger partial charge in [-0.1, -0.05) is 0 Å². The summed E-state index contributed by atoms with van der Waals surface area (Å²) in [6.45, 7) is 4.07. The molecule has 0 radical (unpaired) electrons. The topological polar surface area (TPSA) is 70.3 Å². The lowest BCUT2D eigenvalue weighted by Gasteiger charge is -2.36. The molecule has 1 aliphatic heterocycles. The molecule has 0 saturated carbocycles. The molecular weight excluding hydrogens is 228 g/mol. The molecule has 100 valence electrons. The number of rotatable bonds is 3. The van der Waals surface area contributed by atoms with Crippen LogP contribution in [0.5, 0.6) is 0 Å². The highest BCUT2D eigenvalue weighted by atomic mass is 15.3. The first kappa shape index (κ1) is 13.0. The average Bonchev–Trinajstić information content (AvgIpc) is 2.39. The number of nitrogen functional groups attached to an aromatic ring is 1. The second kappa shape index (κ2) is 5.49. The molecule has 0 unspecified atom stereocenters. The maximum absolute atomic E-state index is 5.45. The summed E-state index contributed by atoms with van der Waals surface area (Å²) < 4.78 is 0. The van der Waals surface area contributed by atoms with Gasteiger partial charge in [0.2, 0.25) is 0 Å². The van der Waals surface area contributed by atoms with Crippen LogP contribution < -0.4 is 16.2 Å². The number of hydrazine groups is 1. The second-order valence-electron chi connectivity index (χ2n) is 5.00. The lowest BCUT2D eigenvalue weighted by Crippen LogP contribution is -2.42.